The zero-order valence-electron chi connectivity index (χ0n) is 10.1. The molecule has 0 aliphatic rings. The number of nitro groups is 1. The Bertz CT molecular complexity index is 393. The van der Waals surface area contributed by atoms with E-state index in [0.717, 1.165) is 5.56 Å². The first kappa shape index (κ1) is 13.4. The fraction of sp³-hybridized carbons (Fsp3) is 0.500. The van der Waals surface area contributed by atoms with Crippen LogP contribution < -0.4 is 5.32 Å². The van der Waals surface area contributed by atoms with Crippen molar-refractivity contribution in [2.75, 3.05) is 11.9 Å². The van der Waals surface area contributed by atoms with E-state index in [1.54, 1.807) is 6.07 Å². The summed E-state index contributed by atoms with van der Waals surface area (Å²) in [7, 11) is 0. The summed E-state index contributed by atoms with van der Waals surface area (Å²) in [4.78, 5) is 10.4. The van der Waals surface area contributed by atoms with Gasteiger partial charge in [0.2, 0.25) is 0 Å². The Labute approximate surface area is 101 Å². The zero-order chi connectivity index (χ0) is 12.8. The second-order valence-electron chi connectivity index (χ2n) is 4.00. The van der Waals surface area contributed by atoms with Crippen molar-refractivity contribution in [2.24, 2.45) is 0 Å². The maximum atomic E-state index is 10.8. The smallest absolute Gasteiger partial charge is 0.292 e. The van der Waals surface area contributed by atoms with Gasteiger partial charge < -0.3 is 10.4 Å². The zero-order valence-corrected chi connectivity index (χ0v) is 10.1. The Morgan fingerprint density at radius 3 is 2.82 bits per heavy atom. The molecule has 0 aliphatic carbocycles. The van der Waals surface area contributed by atoms with Gasteiger partial charge in [-0.3, -0.25) is 10.1 Å². The Kier molecular flexibility index (Phi) is 4.90. The van der Waals surface area contributed by atoms with Crippen molar-refractivity contribution >= 4 is 11.4 Å². The van der Waals surface area contributed by atoms with Crippen LogP contribution in [0.3, 0.4) is 0 Å². The molecular formula is C12H18N2O3. The number of nitro benzene ring substituents is 1. The number of aliphatic hydroxyl groups is 1. The van der Waals surface area contributed by atoms with Crippen molar-refractivity contribution in [2.45, 2.75) is 32.8 Å². The highest BCUT2D eigenvalue weighted by molar-refractivity contribution is 5.65. The number of para-hydroxylation sites is 1. The number of hydrogen-bond donors (Lipinski definition) is 2. The number of benzene rings is 1. The fourth-order valence-electron chi connectivity index (χ4n) is 1.60. The van der Waals surface area contributed by atoms with Gasteiger partial charge in [0.25, 0.3) is 5.69 Å². The van der Waals surface area contributed by atoms with Crippen molar-refractivity contribution in [3.05, 3.63) is 33.9 Å². The monoisotopic (exact) mass is 238 g/mol. The molecule has 0 heterocycles. The molecule has 0 bridgehead atoms. The number of aliphatic hydroxyl groups excluding tert-OH is 1. The van der Waals surface area contributed by atoms with Gasteiger partial charge in [-0.05, 0) is 25.3 Å². The van der Waals surface area contributed by atoms with Gasteiger partial charge in [-0.2, -0.15) is 0 Å². The van der Waals surface area contributed by atoms with Crippen LogP contribution >= 0.6 is 0 Å². The second-order valence-corrected chi connectivity index (χ2v) is 4.00. The topological polar surface area (TPSA) is 75.4 Å². The van der Waals surface area contributed by atoms with Gasteiger partial charge >= 0.3 is 0 Å². The molecule has 2 N–H and O–H groups in total. The molecule has 0 spiro atoms. The first-order chi connectivity index (χ1) is 8.06. The third-order valence-corrected chi connectivity index (χ3v) is 2.70. The maximum Gasteiger partial charge on any atom is 0.292 e. The molecule has 0 saturated carbocycles. The highest BCUT2D eigenvalue weighted by atomic mass is 16.6. The van der Waals surface area contributed by atoms with E-state index in [1.165, 1.54) is 6.07 Å². The predicted molar refractivity (Wildman–Crippen MR) is 67.2 cm³/mol. The molecular weight excluding hydrogens is 220 g/mol. The summed E-state index contributed by atoms with van der Waals surface area (Å²) >= 11 is 0. The highest BCUT2D eigenvalue weighted by Crippen LogP contribution is 2.27. The van der Waals surface area contributed by atoms with E-state index in [1.807, 2.05) is 19.9 Å². The second kappa shape index (κ2) is 6.20. The number of rotatable bonds is 6. The van der Waals surface area contributed by atoms with E-state index in [-0.39, 0.29) is 11.8 Å². The van der Waals surface area contributed by atoms with E-state index in [4.69, 9.17) is 0 Å². The van der Waals surface area contributed by atoms with Crippen LogP contribution in [0.5, 0.6) is 0 Å². The molecule has 0 aromatic heterocycles. The molecule has 1 unspecified atom stereocenters. The molecule has 0 aliphatic heterocycles. The van der Waals surface area contributed by atoms with Gasteiger partial charge in [0, 0.05) is 12.6 Å². The van der Waals surface area contributed by atoms with E-state index in [0.29, 0.717) is 25.1 Å². The van der Waals surface area contributed by atoms with Gasteiger partial charge in [-0.25, -0.2) is 0 Å². The van der Waals surface area contributed by atoms with Gasteiger partial charge in [0.1, 0.15) is 5.69 Å². The number of anilines is 1. The lowest BCUT2D eigenvalue weighted by Gasteiger charge is -2.11. The molecule has 0 amide bonds. The minimum Gasteiger partial charge on any atom is -0.393 e. The summed E-state index contributed by atoms with van der Waals surface area (Å²) in [5.41, 5.74) is 1.46. The fourth-order valence-corrected chi connectivity index (χ4v) is 1.60. The van der Waals surface area contributed by atoms with Crippen molar-refractivity contribution in [1.82, 2.24) is 0 Å². The minimum atomic E-state index is -0.397. The Morgan fingerprint density at radius 1 is 1.53 bits per heavy atom. The van der Waals surface area contributed by atoms with Gasteiger partial charge in [-0.15, -0.1) is 0 Å². The Balaban J connectivity index is 2.72. The first-order valence-electron chi connectivity index (χ1n) is 5.72. The van der Waals surface area contributed by atoms with E-state index in [2.05, 4.69) is 5.32 Å². The predicted octanol–water partition coefficient (Wildman–Crippen LogP) is 2.48. The maximum absolute atomic E-state index is 10.8. The average molecular weight is 238 g/mol. The van der Waals surface area contributed by atoms with Crippen LogP contribution in [0.15, 0.2) is 18.2 Å². The van der Waals surface area contributed by atoms with Crippen LogP contribution in [0.4, 0.5) is 11.4 Å². The Hall–Kier alpha value is -1.62. The molecule has 5 heteroatoms. The highest BCUT2D eigenvalue weighted by Gasteiger charge is 2.14. The van der Waals surface area contributed by atoms with Crippen molar-refractivity contribution in [3.8, 4) is 0 Å². The summed E-state index contributed by atoms with van der Waals surface area (Å²) < 4.78 is 0. The molecule has 0 radical (unpaired) electrons. The average Bonchev–Trinajstić information content (AvgIpc) is 2.30. The third-order valence-electron chi connectivity index (χ3n) is 2.70. The quantitative estimate of drug-likeness (QED) is 0.589. The lowest BCUT2D eigenvalue weighted by Crippen LogP contribution is -2.13. The number of nitrogens with zero attached hydrogens (tertiary/aromatic N) is 1. The van der Waals surface area contributed by atoms with E-state index >= 15 is 0 Å². The van der Waals surface area contributed by atoms with E-state index < -0.39 is 4.92 Å². The summed E-state index contributed by atoms with van der Waals surface area (Å²) in [6.07, 6.45) is 0.921. The van der Waals surface area contributed by atoms with Crippen LogP contribution in [-0.2, 0) is 0 Å². The molecule has 5 nitrogen and oxygen atoms in total. The molecule has 1 rings (SSSR count). The van der Waals surface area contributed by atoms with Crippen LogP contribution in [-0.4, -0.2) is 22.7 Å². The van der Waals surface area contributed by atoms with Crippen LogP contribution in [0.25, 0.3) is 0 Å². The SMILES string of the molecule is CCC(O)CCNc1c(C)cccc1[N+](=O)[O-]. The van der Waals surface area contributed by atoms with Crippen LogP contribution in [0.1, 0.15) is 25.3 Å². The largest absolute Gasteiger partial charge is 0.393 e. The van der Waals surface area contributed by atoms with Crippen molar-refractivity contribution in [3.63, 3.8) is 0 Å². The number of aryl methyl sites for hydroxylation is 1. The molecule has 1 aromatic carbocycles. The van der Waals surface area contributed by atoms with E-state index in [9.17, 15) is 15.2 Å². The number of hydrogen-bond acceptors (Lipinski definition) is 4. The summed E-state index contributed by atoms with van der Waals surface area (Å²) in [5, 5.41) is 23.3. The molecule has 94 valence electrons. The lowest BCUT2D eigenvalue weighted by molar-refractivity contribution is -0.384. The van der Waals surface area contributed by atoms with Crippen LogP contribution in [0.2, 0.25) is 0 Å². The summed E-state index contributed by atoms with van der Waals surface area (Å²) in [6.45, 7) is 4.26. The third kappa shape index (κ3) is 3.71. The molecule has 0 fully saturated rings. The lowest BCUT2D eigenvalue weighted by atomic mass is 10.1. The molecule has 17 heavy (non-hydrogen) atoms. The van der Waals surface area contributed by atoms with Crippen LogP contribution in [0, 0.1) is 17.0 Å². The Morgan fingerprint density at radius 2 is 2.24 bits per heavy atom. The van der Waals surface area contributed by atoms with Gasteiger partial charge in [0.15, 0.2) is 0 Å². The summed E-state index contributed by atoms with van der Waals surface area (Å²) in [5.74, 6) is 0. The normalized spacial score (nSPS) is 12.2. The van der Waals surface area contributed by atoms with Gasteiger partial charge in [0.05, 0.1) is 11.0 Å². The molecule has 1 atom stereocenters. The first-order valence-corrected chi connectivity index (χ1v) is 5.72. The minimum absolute atomic E-state index is 0.0796. The number of nitrogens with one attached hydrogen (secondary N) is 1. The van der Waals surface area contributed by atoms with Crippen molar-refractivity contribution in [1.29, 1.82) is 0 Å². The standard InChI is InChI=1S/C12H18N2O3/c1-3-10(15)7-8-13-12-9(2)5-4-6-11(12)14(16)17/h4-6,10,13,15H,3,7-8H2,1-2H3. The van der Waals surface area contributed by atoms with Crippen molar-refractivity contribution < 1.29 is 10.0 Å². The molecule has 1 aromatic rings. The molecule has 0 saturated heterocycles. The summed E-state index contributed by atoms with van der Waals surface area (Å²) in [6, 6.07) is 4.97. The van der Waals surface area contributed by atoms with Gasteiger partial charge in [-0.1, -0.05) is 19.1 Å².